The van der Waals surface area contributed by atoms with Crippen LogP contribution in [0.5, 0.6) is 5.75 Å². The lowest BCUT2D eigenvalue weighted by Gasteiger charge is -2.09. The Hall–Kier alpha value is -3.61. The normalized spacial score (nSPS) is 10.8. The SMILES string of the molecule is CC(C)c1ccc(OCC(=O)OCCCNC(=O)c2cc3ccccc3oc2=O)cc1. The van der Waals surface area contributed by atoms with Crippen molar-refractivity contribution in [3.05, 3.63) is 76.1 Å². The second-order valence-corrected chi connectivity index (χ2v) is 7.33. The summed E-state index contributed by atoms with van der Waals surface area (Å²) in [7, 11) is 0. The van der Waals surface area contributed by atoms with E-state index in [1.54, 1.807) is 24.3 Å². The van der Waals surface area contributed by atoms with Crippen LogP contribution in [0.1, 0.15) is 42.1 Å². The summed E-state index contributed by atoms with van der Waals surface area (Å²) in [5.41, 5.74) is 0.862. The maximum atomic E-state index is 12.2. The minimum absolute atomic E-state index is 0.0624. The molecule has 0 saturated carbocycles. The molecule has 0 radical (unpaired) electrons. The monoisotopic (exact) mass is 423 g/mol. The van der Waals surface area contributed by atoms with Gasteiger partial charge in [-0.3, -0.25) is 4.79 Å². The highest BCUT2D eigenvalue weighted by Crippen LogP contribution is 2.18. The van der Waals surface area contributed by atoms with Crippen molar-refractivity contribution in [2.24, 2.45) is 0 Å². The number of hydrogen-bond donors (Lipinski definition) is 1. The lowest BCUT2D eigenvalue weighted by Crippen LogP contribution is -2.29. The maximum Gasteiger partial charge on any atom is 0.349 e. The Bertz CT molecular complexity index is 1100. The van der Waals surface area contributed by atoms with Crippen LogP contribution in [0.25, 0.3) is 11.0 Å². The molecule has 1 N–H and O–H groups in total. The van der Waals surface area contributed by atoms with Gasteiger partial charge in [0.1, 0.15) is 16.9 Å². The van der Waals surface area contributed by atoms with Gasteiger partial charge in [-0.2, -0.15) is 0 Å². The molecule has 0 atom stereocenters. The molecule has 0 aliphatic heterocycles. The molecule has 0 aliphatic rings. The first-order chi connectivity index (χ1) is 14.9. The molecule has 1 heterocycles. The number of carbonyl (C=O) groups excluding carboxylic acids is 2. The lowest BCUT2D eigenvalue weighted by molar-refractivity contribution is -0.146. The van der Waals surface area contributed by atoms with Crippen molar-refractivity contribution in [3.8, 4) is 5.75 Å². The molecule has 1 amide bonds. The summed E-state index contributed by atoms with van der Waals surface area (Å²) in [4.78, 5) is 36.0. The first kappa shape index (κ1) is 22.1. The van der Waals surface area contributed by atoms with Crippen LogP contribution in [0.3, 0.4) is 0 Å². The molecule has 0 unspecified atom stereocenters. The molecule has 7 heteroatoms. The molecular weight excluding hydrogens is 398 g/mol. The van der Waals surface area contributed by atoms with E-state index in [0.29, 0.717) is 29.1 Å². The van der Waals surface area contributed by atoms with Crippen LogP contribution in [-0.2, 0) is 9.53 Å². The van der Waals surface area contributed by atoms with Gasteiger partial charge in [-0.15, -0.1) is 0 Å². The molecule has 31 heavy (non-hydrogen) atoms. The number of benzene rings is 2. The predicted molar refractivity (Wildman–Crippen MR) is 116 cm³/mol. The Morgan fingerprint density at radius 1 is 1.06 bits per heavy atom. The van der Waals surface area contributed by atoms with E-state index in [0.717, 1.165) is 0 Å². The highest BCUT2D eigenvalue weighted by Gasteiger charge is 2.13. The van der Waals surface area contributed by atoms with Crippen molar-refractivity contribution >= 4 is 22.8 Å². The van der Waals surface area contributed by atoms with E-state index >= 15 is 0 Å². The first-order valence-electron chi connectivity index (χ1n) is 10.1. The van der Waals surface area contributed by atoms with Crippen molar-refractivity contribution in [2.75, 3.05) is 19.8 Å². The Labute approximate surface area is 180 Å². The number of amides is 1. The van der Waals surface area contributed by atoms with Crippen LogP contribution in [0.15, 0.2) is 63.8 Å². The van der Waals surface area contributed by atoms with E-state index in [9.17, 15) is 14.4 Å². The first-order valence-corrected chi connectivity index (χ1v) is 10.1. The number of ether oxygens (including phenoxy) is 2. The van der Waals surface area contributed by atoms with Crippen LogP contribution < -0.4 is 15.7 Å². The van der Waals surface area contributed by atoms with E-state index in [2.05, 4.69) is 19.2 Å². The Morgan fingerprint density at radius 3 is 2.55 bits per heavy atom. The Morgan fingerprint density at radius 2 is 1.81 bits per heavy atom. The zero-order chi connectivity index (χ0) is 22.2. The van der Waals surface area contributed by atoms with Crippen LogP contribution in [0, 0.1) is 0 Å². The van der Waals surface area contributed by atoms with Gasteiger partial charge in [0, 0.05) is 11.9 Å². The highest BCUT2D eigenvalue weighted by molar-refractivity contribution is 5.96. The van der Waals surface area contributed by atoms with E-state index in [1.807, 2.05) is 24.3 Å². The average molecular weight is 423 g/mol. The van der Waals surface area contributed by atoms with Crippen LogP contribution in [-0.4, -0.2) is 31.6 Å². The summed E-state index contributed by atoms with van der Waals surface area (Å²) >= 11 is 0. The van der Waals surface area contributed by atoms with Gasteiger partial charge in [-0.25, -0.2) is 9.59 Å². The fourth-order valence-electron chi connectivity index (χ4n) is 2.91. The average Bonchev–Trinajstić information content (AvgIpc) is 2.77. The van der Waals surface area contributed by atoms with Gasteiger partial charge in [0.15, 0.2) is 6.61 Å². The van der Waals surface area contributed by atoms with Gasteiger partial charge in [-0.05, 0) is 42.2 Å². The summed E-state index contributed by atoms with van der Waals surface area (Å²) in [5.74, 6) is 0.00615. The topological polar surface area (TPSA) is 94.8 Å². The van der Waals surface area contributed by atoms with Crippen molar-refractivity contribution in [2.45, 2.75) is 26.2 Å². The zero-order valence-electron chi connectivity index (χ0n) is 17.6. The molecule has 0 saturated heterocycles. The summed E-state index contributed by atoms with van der Waals surface area (Å²) in [5, 5.41) is 3.30. The van der Waals surface area contributed by atoms with Gasteiger partial charge in [0.2, 0.25) is 0 Å². The van der Waals surface area contributed by atoms with Crippen molar-refractivity contribution in [3.63, 3.8) is 0 Å². The molecule has 0 fully saturated rings. The van der Waals surface area contributed by atoms with Crippen LogP contribution in [0.4, 0.5) is 0 Å². The Balaban J connectivity index is 1.37. The summed E-state index contributed by atoms with van der Waals surface area (Å²) in [6.45, 7) is 4.39. The number of carbonyl (C=O) groups is 2. The molecule has 0 aliphatic carbocycles. The van der Waals surface area contributed by atoms with E-state index < -0.39 is 17.5 Å². The summed E-state index contributed by atoms with van der Waals surface area (Å²) in [6, 6.07) is 16.0. The maximum absolute atomic E-state index is 12.2. The smallest absolute Gasteiger partial charge is 0.349 e. The minimum Gasteiger partial charge on any atom is -0.482 e. The van der Waals surface area contributed by atoms with Gasteiger partial charge < -0.3 is 19.2 Å². The van der Waals surface area contributed by atoms with Crippen molar-refractivity contribution in [1.82, 2.24) is 5.32 Å². The third-order valence-corrected chi connectivity index (χ3v) is 4.66. The van der Waals surface area contributed by atoms with Gasteiger partial charge in [0.25, 0.3) is 5.91 Å². The molecule has 0 spiro atoms. The summed E-state index contributed by atoms with van der Waals surface area (Å²) in [6.07, 6.45) is 0.402. The standard InChI is InChI=1S/C24H25NO6/c1-16(2)17-8-10-19(11-9-17)30-15-22(26)29-13-5-12-25-23(27)20-14-18-6-3-4-7-21(18)31-24(20)28/h3-4,6-11,14,16H,5,12-13,15H2,1-2H3,(H,25,27). The molecule has 162 valence electrons. The highest BCUT2D eigenvalue weighted by atomic mass is 16.6. The van der Waals surface area contributed by atoms with E-state index in [4.69, 9.17) is 13.9 Å². The molecule has 0 bridgehead atoms. The lowest BCUT2D eigenvalue weighted by atomic mass is 10.0. The van der Waals surface area contributed by atoms with Gasteiger partial charge in [-0.1, -0.05) is 44.2 Å². The minimum atomic E-state index is -0.693. The quantitative estimate of drug-likeness (QED) is 0.321. The number of esters is 1. The van der Waals surface area contributed by atoms with Crippen molar-refractivity contribution in [1.29, 1.82) is 0 Å². The van der Waals surface area contributed by atoms with E-state index in [1.165, 1.54) is 11.6 Å². The fraction of sp³-hybridized carbons (Fsp3) is 0.292. The molecular formula is C24H25NO6. The third kappa shape index (κ3) is 6.18. The van der Waals surface area contributed by atoms with Gasteiger partial charge in [0.05, 0.1) is 6.61 Å². The summed E-state index contributed by atoms with van der Waals surface area (Å²) < 4.78 is 15.7. The number of hydrogen-bond acceptors (Lipinski definition) is 6. The molecule has 7 nitrogen and oxygen atoms in total. The van der Waals surface area contributed by atoms with Crippen molar-refractivity contribution < 1.29 is 23.5 Å². The molecule has 2 aromatic carbocycles. The van der Waals surface area contributed by atoms with Gasteiger partial charge >= 0.3 is 11.6 Å². The second kappa shape index (κ2) is 10.4. The van der Waals surface area contributed by atoms with Crippen LogP contribution in [0.2, 0.25) is 0 Å². The third-order valence-electron chi connectivity index (χ3n) is 4.66. The molecule has 1 aromatic heterocycles. The number of fused-ring (bicyclic) bond motifs is 1. The Kier molecular flexibility index (Phi) is 7.43. The second-order valence-electron chi connectivity index (χ2n) is 7.33. The van der Waals surface area contributed by atoms with E-state index in [-0.39, 0.29) is 25.3 Å². The zero-order valence-corrected chi connectivity index (χ0v) is 17.6. The largest absolute Gasteiger partial charge is 0.482 e. The number of nitrogens with one attached hydrogen (secondary N) is 1. The predicted octanol–water partition coefficient (Wildman–Crippen LogP) is 3.66. The fourth-order valence-corrected chi connectivity index (χ4v) is 2.91. The van der Waals surface area contributed by atoms with Crippen LogP contribution >= 0.6 is 0 Å². The molecule has 3 rings (SSSR count). The molecule has 3 aromatic rings. The number of rotatable bonds is 9. The number of para-hydroxylation sites is 1.